The average molecular weight is 961 g/mol. The van der Waals surface area contributed by atoms with E-state index in [0.29, 0.717) is 16.7 Å². The fourth-order valence-corrected chi connectivity index (χ4v) is 11.4. The first-order valence-corrected chi connectivity index (χ1v) is 24.5. The summed E-state index contributed by atoms with van der Waals surface area (Å²) in [6.07, 6.45) is 5.45. The fraction of sp³-hybridized carbons (Fsp3) is 0.491. The standard InChI is InChI=1S/C53H62F2N8O7/c1-28(2)44(59-51(67)69-5)49(65)62-26-33(54)21-42(62)46-56-25-41(58-46)31-12-10-30(11-13-31)35-15-16-36(39-24-53(23-38(35)39)18-8-7-9-19-53)32-14-17-40-37(20-32)48(64)61-47(57-40)43-22-34(55)27-63(43)50(66)45(29(3)4)60-52(68)70-6/h10-17,20,25,28-29,33-34,42-45H,7-9,18-19,21-24,26-27H2,1-6H3,(H,56,58)(H,59,67)(H,60,68)(H,57,61,64)/t33?,34?,42-,43-,44-,45-/m0/s1. The number of imidazole rings is 1. The van der Waals surface area contributed by atoms with Crippen molar-refractivity contribution in [1.29, 1.82) is 0 Å². The van der Waals surface area contributed by atoms with Crippen molar-refractivity contribution >= 4 is 34.9 Å². The first-order chi connectivity index (χ1) is 33.6. The van der Waals surface area contributed by atoms with E-state index >= 15 is 4.39 Å². The number of carbonyl (C=O) groups is 4. The number of benzene rings is 3. The highest BCUT2D eigenvalue weighted by atomic mass is 19.1. The number of carbonyl (C=O) groups excluding carboxylic acids is 4. The highest BCUT2D eigenvalue weighted by molar-refractivity contribution is 5.89. The lowest BCUT2D eigenvalue weighted by molar-refractivity contribution is -0.136. The van der Waals surface area contributed by atoms with Crippen molar-refractivity contribution in [3.8, 4) is 33.5 Å². The number of likely N-dealkylation sites (tertiary alicyclic amines) is 2. The van der Waals surface area contributed by atoms with E-state index in [1.807, 2.05) is 44.2 Å². The summed E-state index contributed by atoms with van der Waals surface area (Å²) in [4.78, 5) is 84.1. The number of rotatable bonds is 11. The highest BCUT2D eigenvalue weighted by Crippen LogP contribution is 2.52. The molecule has 2 aliphatic carbocycles. The van der Waals surface area contributed by atoms with Gasteiger partial charge in [-0.3, -0.25) is 14.4 Å². The number of nitrogens with one attached hydrogen (secondary N) is 4. The Morgan fingerprint density at radius 2 is 1.21 bits per heavy atom. The second kappa shape index (κ2) is 19.6. The SMILES string of the molecule is COC(=O)N[C@H](C(=O)N1CC(F)C[C@H]1c1ncc(-c2ccc(-c3ccc(-c4ccc5nc([C@@H]6CC(F)CN6C(=O)[C@@H](NC(=O)OC)C(C)C)[nH]c(=O)c5c4)c4c3CC3(CCCCC3)C4)cc2)[nH]1)C(C)C. The van der Waals surface area contributed by atoms with E-state index in [9.17, 15) is 28.4 Å². The van der Waals surface area contributed by atoms with Crippen molar-refractivity contribution in [2.45, 2.75) is 122 Å². The monoisotopic (exact) mass is 960 g/mol. The molecular weight excluding hydrogens is 899 g/mol. The number of aromatic amines is 2. The molecule has 4 aliphatic rings. The van der Waals surface area contributed by atoms with Gasteiger partial charge < -0.3 is 39.9 Å². The third kappa shape index (κ3) is 9.38. The normalized spacial score (nSPS) is 21.6. The maximum Gasteiger partial charge on any atom is 0.407 e. The Morgan fingerprint density at radius 1 is 0.700 bits per heavy atom. The second-order valence-corrected chi connectivity index (χ2v) is 20.4. The molecule has 9 rings (SSSR count). The van der Waals surface area contributed by atoms with Gasteiger partial charge in [0.15, 0.2) is 0 Å². The van der Waals surface area contributed by atoms with Crippen molar-refractivity contribution in [3.63, 3.8) is 0 Å². The van der Waals surface area contributed by atoms with E-state index in [2.05, 4.69) is 49.9 Å². The first kappa shape index (κ1) is 48.4. The molecule has 2 saturated heterocycles. The number of ether oxygens (including phenoxy) is 2. The largest absolute Gasteiger partial charge is 0.453 e. The highest BCUT2D eigenvalue weighted by Gasteiger charge is 2.44. The minimum absolute atomic E-state index is 0.0438. The number of alkyl carbamates (subject to hydrolysis) is 2. The number of halogens is 2. The molecule has 0 bridgehead atoms. The number of methoxy groups -OCH3 is 2. The zero-order valence-corrected chi connectivity index (χ0v) is 40.6. The third-order valence-electron chi connectivity index (χ3n) is 15.1. The predicted molar refractivity (Wildman–Crippen MR) is 260 cm³/mol. The van der Waals surface area contributed by atoms with Gasteiger partial charge in [-0.05, 0) is 94.0 Å². The van der Waals surface area contributed by atoms with Crippen LogP contribution in [-0.2, 0) is 31.9 Å². The van der Waals surface area contributed by atoms with E-state index in [1.165, 1.54) is 54.4 Å². The summed E-state index contributed by atoms with van der Waals surface area (Å²) < 4.78 is 39.6. The molecule has 2 aliphatic heterocycles. The molecule has 2 unspecified atom stereocenters. The van der Waals surface area contributed by atoms with Crippen LogP contribution >= 0.6 is 0 Å². The molecule has 4 amide bonds. The number of hydrogen-bond donors (Lipinski definition) is 4. The molecule has 6 atom stereocenters. The van der Waals surface area contributed by atoms with Gasteiger partial charge in [-0.25, -0.2) is 28.3 Å². The zero-order valence-electron chi connectivity index (χ0n) is 40.6. The molecular formula is C53H62F2N8O7. The molecule has 4 heterocycles. The molecule has 15 nitrogen and oxygen atoms in total. The number of fused-ring (bicyclic) bond motifs is 2. The lowest BCUT2D eigenvalue weighted by Gasteiger charge is -2.33. The Hall–Kier alpha value is -6.65. The maximum absolute atomic E-state index is 15.1. The Labute approximate surface area is 405 Å². The number of nitrogens with zero attached hydrogens (tertiary/aromatic N) is 4. The predicted octanol–water partition coefficient (Wildman–Crippen LogP) is 8.68. The lowest BCUT2D eigenvalue weighted by Crippen LogP contribution is -2.51. The second-order valence-electron chi connectivity index (χ2n) is 20.4. The van der Waals surface area contributed by atoms with Crippen LogP contribution in [0.25, 0.3) is 44.4 Å². The Bertz CT molecular complexity index is 2860. The van der Waals surface area contributed by atoms with Crippen LogP contribution in [0.3, 0.4) is 0 Å². The number of amides is 4. The van der Waals surface area contributed by atoms with Gasteiger partial charge in [-0.2, -0.15) is 0 Å². The average Bonchev–Trinajstić information content (AvgIpc) is 4.17. The molecule has 0 radical (unpaired) electrons. The van der Waals surface area contributed by atoms with Crippen LogP contribution in [0.2, 0.25) is 0 Å². The van der Waals surface area contributed by atoms with Gasteiger partial charge in [0, 0.05) is 12.8 Å². The summed E-state index contributed by atoms with van der Waals surface area (Å²) in [6, 6.07) is 15.0. The molecule has 2 aromatic heterocycles. The van der Waals surface area contributed by atoms with E-state index in [0.717, 1.165) is 59.2 Å². The van der Waals surface area contributed by atoms with Crippen molar-refractivity contribution in [3.05, 3.63) is 93.9 Å². The van der Waals surface area contributed by atoms with Gasteiger partial charge in [-0.15, -0.1) is 0 Å². The maximum atomic E-state index is 15.1. The first-order valence-electron chi connectivity index (χ1n) is 24.5. The Kier molecular flexibility index (Phi) is 13.6. The van der Waals surface area contributed by atoms with Gasteiger partial charge in [0.2, 0.25) is 11.8 Å². The van der Waals surface area contributed by atoms with Crippen LogP contribution in [0, 0.1) is 17.3 Å². The Balaban J connectivity index is 0.989. The quantitative estimate of drug-likeness (QED) is 0.100. The number of alkyl halides is 2. The summed E-state index contributed by atoms with van der Waals surface area (Å²) in [6.45, 7) is 6.88. The van der Waals surface area contributed by atoms with Gasteiger partial charge in [0.25, 0.3) is 5.56 Å². The van der Waals surface area contributed by atoms with E-state index < -0.39 is 60.5 Å². The molecule has 4 N–H and O–H groups in total. The van der Waals surface area contributed by atoms with Crippen LogP contribution in [0.4, 0.5) is 18.4 Å². The lowest BCUT2D eigenvalue weighted by atomic mass is 9.72. The minimum Gasteiger partial charge on any atom is -0.453 e. The summed E-state index contributed by atoms with van der Waals surface area (Å²) in [5.41, 5.74) is 8.56. The minimum atomic E-state index is -1.34. The van der Waals surface area contributed by atoms with Gasteiger partial charge >= 0.3 is 12.2 Å². The molecule has 70 heavy (non-hydrogen) atoms. The van der Waals surface area contributed by atoms with Crippen LogP contribution in [0.5, 0.6) is 0 Å². The summed E-state index contributed by atoms with van der Waals surface area (Å²) in [5, 5.41) is 5.56. The van der Waals surface area contributed by atoms with Crippen LogP contribution in [0.1, 0.15) is 108 Å². The van der Waals surface area contributed by atoms with Crippen molar-refractivity contribution < 1.29 is 37.4 Å². The summed E-state index contributed by atoms with van der Waals surface area (Å²) >= 11 is 0. The van der Waals surface area contributed by atoms with Crippen molar-refractivity contribution in [2.24, 2.45) is 17.3 Å². The fourth-order valence-electron chi connectivity index (χ4n) is 11.4. The van der Waals surface area contributed by atoms with Crippen LogP contribution in [0.15, 0.2) is 65.6 Å². The Morgan fingerprint density at radius 3 is 1.76 bits per heavy atom. The summed E-state index contributed by atoms with van der Waals surface area (Å²) in [5.74, 6) is -0.776. The van der Waals surface area contributed by atoms with Crippen LogP contribution < -0.4 is 16.2 Å². The van der Waals surface area contributed by atoms with Gasteiger partial charge in [0.05, 0.1) is 62.2 Å². The number of hydrogen-bond acceptors (Lipinski definition) is 9. The van der Waals surface area contributed by atoms with Crippen LogP contribution in [-0.4, -0.2) is 105 Å². The van der Waals surface area contributed by atoms with Gasteiger partial charge in [0.1, 0.15) is 36.1 Å². The van der Waals surface area contributed by atoms with Crippen molar-refractivity contribution in [2.75, 3.05) is 27.3 Å². The zero-order chi connectivity index (χ0) is 49.6. The smallest absolute Gasteiger partial charge is 0.407 e. The molecule has 370 valence electrons. The van der Waals surface area contributed by atoms with Gasteiger partial charge in [-0.1, -0.05) is 89.4 Å². The molecule has 17 heteroatoms. The number of aromatic nitrogens is 4. The number of H-pyrrole nitrogens is 2. The topological polar surface area (TPSA) is 192 Å². The molecule has 5 aromatic rings. The molecule has 1 spiro atoms. The van der Waals surface area contributed by atoms with E-state index in [1.54, 1.807) is 20.0 Å². The van der Waals surface area contributed by atoms with E-state index in [4.69, 9.17) is 14.5 Å². The van der Waals surface area contributed by atoms with E-state index in [-0.39, 0.29) is 54.6 Å². The molecule has 3 fully saturated rings. The molecule has 1 saturated carbocycles. The third-order valence-corrected chi connectivity index (χ3v) is 15.1. The summed E-state index contributed by atoms with van der Waals surface area (Å²) in [7, 11) is 2.44. The molecule has 3 aromatic carbocycles. The van der Waals surface area contributed by atoms with Crippen molar-refractivity contribution in [1.82, 2.24) is 40.4 Å².